The summed E-state index contributed by atoms with van der Waals surface area (Å²) in [4.78, 5) is 25.3. The number of nitrogens with one attached hydrogen (secondary N) is 2. The number of carbonyl (C=O) groups excluding carboxylic acids is 2. The van der Waals surface area contributed by atoms with E-state index in [0.29, 0.717) is 15.7 Å². The molecular formula is C20H19ClN4O2S2. The number of rotatable bonds is 8. The zero-order valence-corrected chi connectivity index (χ0v) is 18.0. The van der Waals surface area contributed by atoms with Crippen molar-refractivity contribution in [3.05, 3.63) is 70.7 Å². The second-order valence-corrected chi connectivity index (χ2v) is 8.87. The van der Waals surface area contributed by atoms with E-state index in [9.17, 15) is 9.59 Å². The lowest BCUT2D eigenvalue weighted by Crippen LogP contribution is -2.31. The number of nitrogens with zero attached hydrogens (tertiary/aromatic N) is 2. The Morgan fingerprint density at radius 1 is 1.10 bits per heavy atom. The van der Waals surface area contributed by atoms with E-state index in [1.165, 1.54) is 11.3 Å². The molecule has 2 aromatic carbocycles. The molecule has 2 N–H and O–H groups in total. The molecule has 0 saturated carbocycles. The molecule has 3 rings (SSSR count). The van der Waals surface area contributed by atoms with Crippen LogP contribution in [0, 0.1) is 0 Å². The summed E-state index contributed by atoms with van der Waals surface area (Å²) in [5, 5.41) is 14.5. The zero-order valence-electron chi connectivity index (χ0n) is 15.6. The van der Waals surface area contributed by atoms with Crippen LogP contribution in [0.5, 0.6) is 0 Å². The minimum absolute atomic E-state index is 0.0516. The predicted molar refractivity (Wildman–Crippen MR) is 118 cm³/mol. The van der Waals surface area contributed by atoms with Gasteiger partial charge >= 0.3 is 0 Å². The van der Waals surface area contributed by atoms with E-state index in [1.54, 1.807) is 36.0 Å². The molecule has 1 unspecified atom stereocenters. The van der Waals surface area contributed by atoms with Crippen molar-refractivity contribution in [2.75, 3.05) is 11.1 Å². The number of anilines is 1. The van der Waals surface area contributed by atoms with Gasteiger partial charge in [-0.15, -0.1) is 10.2 Å². The van der Waals surface area contributed by atoms with Gasteiger partial charge in [-0.2, -0.15) is 0 Å². The van der Waals surface area contributed by atoms with E-state index in [0.717, 1.165) is 15.7 Å². The Balaban J connectivity index is 1.72. The van der Waals surface area contributed by atoms with Crippen LogP contribution in [0.1, 0.15) is 35.3 Å². The smallest absolute Gasteiger partial charge is 0.253 e. The maximum absolute atomic E-state index is 12.7. The van der Waals surface area contributed by atoms with Gasteiger partial charge in [0.2, 0.25) is 11.0 Å². The zero-order chi connectivity index (χ0) is 20.6. The number of halogens is 1. The predicted octanol–water partition coefficient (Wildman–Crippen LogP) is 4.80. The number of aromatic nitrogens is 2. The summed E-state index contributed by atoms with van der Waals surface area (Å²) in [6, 6.07) is 15.6. The topological polar surface area (TPSA) is 84.0 Å². The van der Waals surface area contributed by atoms with E-state index >= 15 is 0 Å². The normalized spacial score (nSPS) is 11.7. The Morgan fingerprint density at radius 2 is 1.83 bits per heavy atom. The van der Waals surface area contributed by atoms with Gasteiger partial charge in [0.15, 0.2) is 4.34 Å². The summed E-state index contributed by atoms with van der Waals surface area (Å²) < 4.78 is 0.800. The van der Waals surface area contributed by atoms with Gasteiger partial charge in [-0.1, -0.05) is 84.1 Å². The lowest BCUT2D eigenvalue weighted by Gasteiger charge is -2.19. The molecule has 6 nitrogen and oxygen atoms in total. The molecule has 0 bridgehead atoms. The van der Waals surface area contributed by atoms with E-state index in [-0.39, 0.29) is 18.2 Å². The standard InChI is InChI=1S/C20H19ClN4O2S2/c1-2-28-20-25-24-19(29-20)23-17(26)12-16(13-8-4-3-5-9-13)22-18(27)14-10-6-7-11-15(14)21/h3-11,16H,2,12H2,1H3,(H,22,27)(H,23,24,26). The molecule has 0 aliphatic rings. The van der Waals surface area contributed by atoms with Crippen molar-refractivity contribution >= 4 is 51.6 Å². The number of hydrogen-bond acceptors (Lipinski definition) is 6. The van der Waals surface area contributed by atoms with Crippen molar-refractivity contribution in [2.24, 2.45) is 0 Å². The van der Waals surface area contributed by atoms with Gasteiger partial charge in [0.1, 0.15) is 0 Å². The first-order valence-electron chi connectivity index (χ1n) is 8.93. The highest BCUT2D eigenvalue weighted by molar-refractivity contribution is 8.01. The van der Waals surface area contributed by atoms with Gasteiger partial charge in [0, 0.05) is 0 Å². The van der Waals surface area contributed by atoms with Crippen molar-refractivity contribution in [3.63, 3.8) is 0 Å². The number of carbonyl (C=O) groups is 2. The largest absolute Gasteiger partial charge is 0.345 e. The van der Waals surface area contributed by atoms with Gasteiger partial charge in [-0.25, -0.2) is 0 Å². The molecule has 9 heteroatoms. The van der Waals surface area contributed by atoms with Crippen molar-refractivity contribution < 1.29 is 9.59 Å². The van der Waals surface area contributed by atoms with Crippen LogP contribution in [0.3, 0.4) is 0 Å². The summed E-state index contributed by atoms with van der Waals surface area (Å²) in [5.41, 5.74) is 1.18. The van der Waals surface area contributed by atoms with E-state index < -0.39 is 6.04 Å². The molecule has 1 aromatic heterocycles. The molecule has 0 spiro atoms. The summed E-state index contributed by atoms with van der Waals surface area (Å²) in [5.74, 6) is 0.282. The Kier molecular flexibility index (Phi) is 7.62. The third-order valence-electron chi connectivity index (χ3n) is 3.94. The average Bonchev–Trinajstić information content (AvgIpc) is 3.15. The van der Waals surface area contributed by atoms with Crippen LogP contribution in [0.2, 0.25) is 5.02 Å². The molecule has 2 amide bonds. The molecule has 0 aliphatic heterocycles. The molecule has 29 heavy (non-hydrogen) atoms. The van der Waals surface area contributed by atoms with Crippen molar-refractivity contribution in [2.45, 2.75) is 23.7 Å². The molecule has 0 fully saturated rings. The first-order chi connectivity index (χ1) is 14.1. The number of hydrogen-bond donors (Lipinski definition) is 2. The molecule has 1 heterocycles. The van der Waals surface area contributed by atoms with Crippen LogP contribution in [-0.2, 0) is 4.79 Å². The van der Waals surface area contributed by atoms with Gasteiger partial charge in [-0.05, 0) is 23.4 Å². The number of thioether (sulfide) groups is 1. The molecule has 3 aromatic rings. The second-order valence-electron chi connectivity index (χ2n) is 5.98. The molecule has 0 saturated heterocycles. The Morgan fingerprint density at radius 3 is 2.55 bits per heavy atom. The van der Waals surface area contributed by atoms with Gasteiger partial charge in [-0.3, -0.25) is 9.59 Å². The van der Waals surface area contributed by atoms with Crippen LogP contribution < -0.4 is 10.6 Å². The lowest BCUT2D eigenvalue weighted by molar-refractivity contribution is -0.116. The number of benzene rings is 2. The SMILES string of the molecule is CCSc1nnc(NC(=O)CC(NC(=O)c2ccccc2Cl)c2ccccc2)s1. The van der Waals surface area contributed by atoms with Crippen molar-refractivity contribution in [3.8, 4) is 0 Å². The maximum Gasteiger partial charge on any atom is 0.253 e. The van der Waals surface area contributed by atoms with Crippen LogP contribution in [0.15, 0.2) is 58.9 Å². The van der Waals surface area contributed by atoms with Gasteiger partial charge in [0.25, 0.3) is 5.91 Å². The lowest BCUT2D eigenvalue weighted by atomic mass is 10.0. The third kappa shape index (κ3) is 6.03. The molecule has 0 radical (unpaired) electrons. The Labute approximate surface area is 182 Å². The fraction of sp³-hybridized carbons (Fsp3) is 0.200. The summed E-state index contributed by atoms with van der Waals surface area (Å²) in [6.07, 6.45) is 0.0516. The molecule has 1 atom stereocenters. The first kappa shape index (κ1) is 21.3. The fourth-order valence-corrected chi connectivity index (χ4v) is 4.50. The van der Waals surface area contributed by atoms with Crippen LogP contribution in [-0.4, -0.2) is 27.8 Å². The van der Waals surface area contributed by atoms with Crippen molar-refractivity contribution in [1.29, 1.82) is 0 Å². The average molecular weight is 447 g/mol. The van der Waals surface area contributed by atoms with E-state index in [1.807, 2.05) is 37.3 Å². The summed E-state index contributed by atoms with van der Waals surface area (Å²) in [6.45, 7) is 2.02. The highest BCUT2D eigenvalue weighted by atomic mass is 35.5. The Hall–Kier alpha value is -2.42. The quantitative estimate of drug-likeness (QED) is 0.383. The van der Waals surface area contributed by atoms with Crippen LogP contribution >= 0.6 is 34.7 Å². The highest BCUT2D eigenvalue weighted by Gasteiger charge is 2.21. The fourth-order valence-electron chi connectivity index (χ4n) is 2.62. The van der Waals surface area contributed by atoms with E-state index in [2.05, 4.69) is 20.8 Å². The van der Waals surface area contributed by atoms with Crippen LogP contribution in [0.4, 0.5) is 5.13 Å². The van der Waals surface area contributed by atoms with Gasteiger partial charge in [0.05, 0.1) is 23.0 Å². The molecular weight excluding hydrogens is 428 g/mol. The number of amides is 2. The van der Waals surface area contributed by atoms with E-state index in [4.69, 9.17) is 11.6 Å². The van der Waals surface area contributed by atoms with Crippen molar-refractivity contribution in [1.82, 2.24) is 15.5 Å². The van der Waals surface area contributed by atoms with Crippen LogP contribution in [0.25, 0.3) is 0 Å². The first-order valence-corrected chi connectivity index (χ1v) is 11.1. The maximum atomic E-state index is 12.7. The molecule has 0 aliphatic carbocycles. The minimum Gasteiger partial charge on any atom is -0.345 e. The highest BCUT2D eigenvalue weighted by Crippen LogP contribution is 2.26. The second kappa shape index (κ2) is 10.4. The monoisotopic (exact) mass is 446 g/mol. The Bertz CT molecular complexity index is 981. The third-order valence-corrected chi connectivity index (χ3v) is 6.12. The molecule has 150 valence electrons. The summed E-state index contributed by atoms with van der Waals surface area (Å²) in [7, 11) is 0. The summed E-state index contributed by atoms with van der Waals surface area (Å²) >= 11 is 9.02. The van der Waals surface area contributed by atoms with Gasteiger partial charge < -0.3 is 10.6 Å². The minimum atomic E-state index is -0.516.